The smallest absolute Gasteiger partial charge is 0.223 e. The van der Waals surface area contributed by atoms with Gasteiger partial charge in [0.1, 0.15) is 11.6 Å². The van der Waals surface area contributed by atoms with E-state index in [1.54, 1.807) is 0 Å². The number of hydrogen-bond donors (Lipinski definition) is 1. The van der Waals surface area contributed by atoms with Crippen molar-refractivity contribution in [3.05, 3.63) is 35.4 Å². The van der Waals surface area contributed by atoms with Gasteiger partial charge in [-0.1, -0.05) is 25.8 Å². The topological polar surface area (TPSA) is 49.4 Å². The maximum atomic E-state index is 14.4. The summed E-state index contributed by atoms with van der Waals surface area (Å²) in [6.45, 7) is 3.45. The van der Waals surface area contributed by atoms with Gasteiger partial charge in [-0.05, 0) is 44.2 Å². The largest absolute Gasteiger partial charge is 0.355 e. The van der Waals surface area contributed by atoms with Crippen molar-refractivity contribution in [2.45, 2.75) is 63.7 Å². The molecule has 1 aliphatic heterocycles. The number of nitrogens with zero attached hydrogens (tertiary/aromatic N) is 1. The Kier molecular flexibility index (Phi) is 6.68. The van der Waals surface area contributed by atoms with E-state index >= 15 is 0 Å². The van der Waals surface area contributed by atoms with E-state index in [2.05, 4.69) is 5.32 Å². The van der Waals surface area contributed by atoms with Crippen molar-refractivity contribution in [3.63, 3.8) is 0 Å². The molecule has 0 bridgehead atoms. The summed E-state index contributed by atoms with van der Waals surface area (Å²) < 4.78 is 28.8. The Labute approximate surface area is 165 Å². The lowest BCUT2D eigenvalue weighted by Gasteiger charge is -2.34. The standard InChI is InChI=1S/C22H30F2N2O2/c1-2-6-19(27)26-13-9-16(10-14-26)21(28)25-15-22(11-3-4-12-22)20-17(23)7-5-8-18(20)24/h5,7-8,16H,2-4,6,9-15H2,1H3,(H,25,28). The molecular weight excluding hydrogens is 362 g/mol. The Bertz CT molecular complexity index is 688. The maximum Gasteiger partial charge on any atom is 0.223 e. The fourth-order valence-corrected chi connectivity index (χ4v) is 4.74. The third-order valence-electron chi connectivity index (χ3n) is 6.34. The summed E-state index contributed by atoms with van der Waals surface area (Å²) in [5.74, 6) is -1.11. The lowest BCUT2D eigenvalue weighted by Crippen LogP contribution is -2.46. The minimum absolute atomic E-state index is 0.0642. The van der Waals surface area contributed by atoms with E-state index in [4.69, 9.17) is 0 Å². The Morgan fingerprint density at radius 1 is 1.14 bits per heavy atom. The van der Waals surface area contributed by atoms with Crippen molar-refractivity contribution < 1.29 is 18.4 Å². The lowest BCUT2D eigenvalue weighted by atomic mass is 9.78. The van der Waals surface area contributed by atoms with Gasteiger partial charge in [0.25, 0.3) is 0 Å². The van der Waals surface area contributed by atoms with Gasteiger partial charge in [-0.15, -0.1) is 0 Å². The minimum Gasteiger partial charge on any atom is -0.355 e. The molecule has 1 heterocycles. The molecule has 154 valence electrons. The molecule has 0 radical (unpaired) electrons. The summed E-state index contributed by atoms with van der Waals surface area (Å²) in [5, 5.41) is 2.98. The number of benzene rings is 1. The molecule has 1 aliphatic carbocycles. The van der Waals surface area contributed by atoms with E-state index in [0.29, 0.717) is 45.2 Å². The predicted octanol–water partition coefficient (Wildman–Crippen LogP) is 3.93. The number of hydrogen-bond acceptors (Lipinski definition) is 2. The van der Waals surface area contributed by atoms with Crippen LogP contribution in [0, 0.1) is 17.6 Å². The molecule has 2 amide bonds. The number of amides is 2. The quantitative estimate of drug-likeness (QED) is 0.797. The van der Waals surface area contributed by atoms with Crippen molar-refractivity contribution in [1.82, 2.24) is 10.2 Å². The number of halogens is 2. The van der Waals surface area contributed by atoms with Gasteiger partial charge in [-0.25, -0.2) is 8.78 Å². The highest BCUT2D eigenvalue weighted by molar-refractivity contribution is 5.80. The Morgan fingerprint density at radius 3 is 2.32 bits per heavy atom. The van der Waals surface area contributed by atoms with Crippen LogP contribution in [0.1, 0.15) is 63.9 Å². The Morgan fingerprint density at radius 2 is 1.75 bits per heavy atom. The highest BCUT2D eigenvalue weighted by Gasteiger charge is 2.40. The number of likely N-dealkylation sites (tertiary alicyclic amines) is 1. The van der Waals surface area contributed by atoms with E-state index in [0.717, 1.165) is 19.3 Å². The molecule has 1 saturated heterocycles. The zero-order chi connectivity index (χ0) is 20.1. The zero-order valence-electron chi connectivity index (χ0n) is 16.6. The second kappa shape index (κ2) is 9.01. The molecule has 0 unspecified atom stereocenters. The van der Waals surface area contributed by atoms with Gasteiger partial charge in [0.15, 0.2) is 0 Å². The third kappa shape index (κ3) is 4.36. The molecule has 6 heteroatoms. The van der Waals surface area contributed by atoms with Gasteiger partial charge in [0.2, 0.25) is 11.8 Å². The molecular formula is C22H30F2N2O2. The van der Waals surface area contributed by atoms with Gasteiger partial charge in [0, 0.05) is 43.0 Å². The van der Waals surface area contributed by atoms with Crippen LogP contribution in [-0.4, -0.2) is 36.3 Å². The van der Waals surface area contributed by atoms with E-state index < -0.39 is 17.0 Å². The Hall–Kier alpha value is -1.98. The molecule has 2 fully saturated rings. The van der Waals surface area contributed by atoms with Crippen LogP contribution in [0.2, 0.25) is 0 Å². The van der Waals surface area contributed by atoms with Crippen LogP contribution >= 0.6 is 0 Å². The molecule has 1 aromatic rings. The van der Waals surface area contributed by atoms with Gasteiger partial charge in [0.05, 0.1) is 0 Å². The first kappa shape index (κ1) is 20.7. The molecule has 3 rings (SSSR count). The summed E-state index contributed by atoms with van der Waals surface area (Å²) in [5.41, 5.74) is -0.545. The molecule has 28 heavy (non-hydrogen) atoms. The summed E-state index contributed by atoms with van der Waals surface area (Å²) in [6.07, 6.45) is 5.82. The summed E-state index contributed by atoms with van der Waals surface area (Å²) in [7, 11) is 0. The fraction of sp³-hybridized carbons (Fsp3) is 0.636. The van der Waals surface area contributed by atoms with E-state index in [1.165, 1.54) is 18.2 Å². The van der Waals surface area contributed by atoms with Crippen LogP contribution in [-0.2, 0) is 15.0 Å². The van der Waals surface area contributed by atoms with E-state index in [1.807, 2.05) is 11.8 Å². The molecule has 4 nitrogen and oxygen atoms in total. The SMILES string of the molecule is CCCC(=O)N1CCC(C(=O)NCC2(c3c(F)cccc3F)CCCC2)CC1. The average Bonchev–Trinajstić information content (AvgIpc) is 3.16. The van der Waals surface area contributed by atoms with Gasteiger partial charge in [-0.3, -0.25) is 9.59 Å². The van der Waals surface area contributed by atoms with Gasteiger partial charge >= 0.3 is 0 Å². The highest BCUT2D eigenvalue weighted by Crippen LogP contribution is 2.43. The zero-order valence-corrected chi connectivity index (χ0v) is 16.6. The van der Waals surface area contributed by atoms with E-state index in [-0.39, 0.29) is 29.8 Å². The van der Waals surface area contributed by atoms with Crippen molar-refractivity contribution in [2.75, 3.05) is 19.6 Å². The number of carbonyl (C=O) groups is 2. The summed E-state index contributed by atoms with van der Waals surface area (Å²) >= 11 is 0. The van der Waals surface area contributed by atoms with Crippen molar-refractivity contribution in [3.8, 4) is 0 Å². The first-order valence-electron chi connectivity index (χ1n) is 10.5. The lowest BCUT2D eigenvalue weighted by molar-refractivity contribution is -0.135. The van der Waals surface area contributed by atoms with Crippen LogP contribution in [0.4, 0.5) is 8.78 Å². The first-order valence-corrected chi connectivity index (χ1v) is 10.5. The number of nitrogens with one attached hydrogen (secondary N) is 1. The van der Waals surface area contributed by atoms with Crippen molar-refractivity contribution >= 4 is 11.8 Å². The highest BCUT2D eigenvalue weighted by atomic mass is 19.1. The second-order valence-corrected chi connectivity index (χ2v) is 8.21. The third-order valence-corrected chi connectivity index (χ3v) is 6.34. The van der Waals surface area contributed by atoms with Crippen LogP contribution in [0.3, 0.4) is 0 Å². The fourth-order valence-electron chi connectivity index (χ4n) is 4.74. The van der Waals surface area contributed by atoms with Crippen LogP contribution in [0.25, 0.3) is 0 Å². The number of rotatable bonds is 6. The minimum atomic E-state index is -0.664. The van der Waals surface area contributed by atoms with Gasteiger partial charge < -0.3 is 10.2 Å². The van der Waals surface area contributed by atoms with Crippen LogP contribution in [0.5, 0.6) is 0 Å². The van der Waals surface area contributed by atoms with Crippen molar-refractivity contribution in [1.29, 1.82) is 0 Å². The second-order valence-electron chi connectivity index (χ2n) is 8.21. The first-order chi connectivity index (χ1) is 13.5. The monoisotopic (exact) mass is 392 g/mol. The number of piperidine rings is 1. The van der Waals surface area contributed by atoms with E-state index in [9.17, 15) is 18.4 Å². The molecule has 0 aromatic heterocycles. The normalized spacial score (nSPS) is 19.6. The van der Waals surface area contributed by atoms with Crippen molar-refractivity contribution in [2.24, 2.45) is 5.92 Å². The van der Waals surface area contributed by atoms with Gasteiger partial charge in [-0.2, -0.15) is 0 Å². The molecule has 0 spiro atoms. The maximum absolute atomic E-state index is 14.4. The Balaban J connectivity index is 1.61. The summed E-state index contributed by atoms with van der Waals surface area (Å²) in [4.78, 5) is 26.5. The molecule has 0 atom stereocenters. The molecule has 1 aromatic carbocycles. The predicted molar refractivity (Wildman–Crippen MR) is 104 cm³/mol. The molecule has 1 N–H and O–H groups in total. The molecule has 1 saturated carbocycles. The van der Waals surface area contributed by atoms with Crippen LogP contribution in [0.15, 0.2) is 18.2 Å². The number of carbonyl (C=O) groups excluding carboxylic acids is 2. The summed E-state index contributed by atoms with van der Waals surface area (Å²) in [6, 6.07) is 3.97. The average molecular weight is 392 g/mol. The van der Waals surface area contributed by atoms with Crippen LogP contribution < -0.4 is 5.32 Å². The molecule has 2 aliphatic rings.